The van der Waals surface area contributed by atoms with Crippen LogP contribution in [0.1, 0.15) is 0 Å². The third kappa shape index (κ3) is 3.18. The first kappa shape index (κ1) is 11.5. The second kappa shape index (κ2) is 5.23. The summed E-state index contributed by atoms with van der Waals surface area (Å²) in [5, 5.41) is 20.6. The zero-order valence-corrected chi connectivity index (χ0v) is 7.12. The summed E-state index contributed by atoms with van der Waals surface area (Å²) in [4.78, 5) is 0. The second-order valence-electron chi connectivity index (χ2n) is 2.43. The molecule has 0 aliphatic rings. The molecule has 0 amide bonds. The van der Waals surface area contributed by atoms with Crippen molar-refractivity contribution in [2.24, 2.45) is 0 Å². The smallest absolute Gasteiger partial charge is 0.140 e. The molecule has 0 radical (unpaired) electrons. The summed E-state index contributed by atoms with van der Waals surface area (Å²) in [6, 6.07) is 4.81. The Kier molecular flexibility index (Phi) is 4.64. The van der Waals surface area contributed by atoms with E-state index in [0.29, 0.717) is 17.9 Å². The van der Waals surface area contributed by atoms with Crippen LogP contribution in [0.15, 0.2) is 18.2 Å². The number of rotatable bonds is 3. The van der Waals surface area contributed by atoms with Crippen LogP contribution in [0.4, 0.5) is 11.4 Å². The van der Waals surface area contributed by atoms with Crippen LogP contribution < -0.4 is 11.1 Å². The maximum atomic E-state index is 9.29. The van der Waals surface area contributed by atoms with E-state index in [1.54, 1.807) is 12.1 Å². The Hall–Kier alpha value is -1.46. The Bertz CT molecular complexity index is 266. The minimum atomic E-state index is 0. The topological polar surface area (TPSA) is 110 Å². The molecule has 0 fully saturated rings. The van der Waals surface area contributed by atoms with Crippen LogP contribution >= 0.6 is 0 Å². The van der Waals surface area contributed by atoms with Gasteiger partial charge in [-0.25, -0.2) is 0 Å². The fourth-order valence-electron chi connectivity index (χ4n) is 0.889. The molecule has 1 aromatic rings. The predicted octanol–water partition coefficient (Wildman–Crippen LogP) is -0.446. The van der Waals surface area contributed by atoms with Crippen LogP contribution in [0.25, 0.3) is 0 Å². The van der Waals surface area contributed by atoms with Gasteiger partial charge < -0.3 is 26.7 Å². The highest BCUT2D eigenvalue weighted by molar-refractivity contribution is 5.61. The van der Waals surface area contributed by atoms with E-state index in [1.807, 2.05) is 0 Å². The van der Waals surface area contributed by atoms with E-state index in [9.17, 15) is 5.11 Å². The molecule has 74 valence electrons. The van der Waals surface area contributed by atoms with Gasteiger partial charge in [0.05, 0.1) is 12.3 Å². The van der Waals surface area contributed by atoms with E-state index in [0.717, 1.165) is 0 Å². The van der Waals surface area contributed by atoms with E-state index in [-0.39, 0.29) is 17.8 Å². The number of aliphatic hydroxyl groups is 1. The van der Waals surface area contributed by atoms with Gasteiger partial charge in [-0.15, -0.1) is 0 Å². The predicted molar refractivity (Wildman–Crippen MR) is 51.7 cm³/mol. The van der Waals surface area contributed by atoms with Crippen LogP contribution in [-0.4, -0.2) is 28.8 Å². The Morgan fingerprint density at radius 1 is 1.38 bits per heavy atom. The number of nitrogens with two attached hydrogens (primary N) is 1. The normalized spacial score (nSPS) is 9.00. The lowest BCUT2D eigenvalue weighted by atomic mass is 10.2. The minimum Gasteiger partial charge on any atom is -0.506 e. The van der Waals surface area contributed by atoms with Crippen LogP contribution in [0, 0.1) is 0 Å². The zero-order chi connectivity index (χ0) is 8.97. The SMILES string of the molecule is Nc1ccc(NCCO)c(O)c1.O. The number of aromatic hydroxyl groups is 1. The van der Waals surface area contributed by atoms with Crippen LogP contribution in [0.2, 0.25) is 0 Å². The number of nitrogens with one attached hydrogen (secondary N) is 1. The summed E-state index contributed by atoms with van der Waals surface area (Å²) in [5.74, 6) is 0.100. The molecule has 0 aliphatic carbocycles. The average Bonchev–Trinajstić information content (AvgIpc) is 2.03. The van der Waals surface area contributed by atoms with Gasteiger partial charge in [-0.3, -0.25) is 0 Å². The van der Waals surface area contributed by atoms with Gasteiger partial charge in [0.25, 0.3) is 0 Å². The van der Waals surface area contributed by atoms with Crippen molar-refractivity contribution >= 4 is 11.4 Å². The van der Waals surface area contributed by atoms with Gasteiger partial charge in [0.15, 0.2) is 0 Å². The van der Waals surface area contributed by atoms with Gasteiger partial charge in [0.2, 0.25) is 0 Å². The Morgan fingerprint density at radius 2 is 2.08 bits per heavy atom. The van der Waals surface area contributed by atoms with Crippen molar-refractivity contribution in [1.82, 2.24) is 0 Å². The molecule has 0 heterocycles. The third-order valence-corrected chi connectivity index (χ3v) is 1.45. The maximum Gasteiger partial charge on any atom is 0.140 e. The van der Waals surface area contributed by atoms with E-state index in [4.69, 9.17) is 10.8 Å². The number of nitrogen functional groups attached to an aromatic ring is 1. The summed E-state index contributed by atoms with van der Waals surface area (Å²) in [7, 11) is 0. The quantitative estimate of drug-likeness (QED) is 0.378. The Labute approximate surface area is 76.1 Å². The number of phenolic OH excluding ortho intramolecular Hbond substituents is 1. The molecule has 0 aromatic heterocycles. The van der Waals surface area contributed by atoms with Gasteiger partial charge in [-0.1, -0.05) is 0 Å². The van der Waals surface area contributed by atoms with Gasteiger partial charge in [-0.2, -0.15) is 0 Å². The van der Waals surface area contributed by atoms with Gasteiger partial charge in [-0.05, 0) is 12.1 Å². The highest BCUT2D eigenvalue weighted by Crippen LogP contribution is 2.24. The van der Waals surface area contributed by atoms with Crippen molar-refractivity contribution in [2.75, 3.05) is 24.2 Å². The lowest BCUT2D eigenvalue weighted by Crippen LogP contribution is -2.05. The molecule has 0 saturated heterocycles. The molecule has 5 heteroatoms. The fourth-order valence-corrected chi connectivity index (χ4v) is 0.889. The molecular weight excluding hydrogens is 172 g/mol. The van der Waals surface area contributed by atoms with Gasteiger partial charge in [0, 0.05) is 18.3 Å². The second-order valence-corrected chi connectivity index (χ2v) is 2.43. The number of aliphatic hydroxyl groups excluding tert-OH is 1. The molecule has 0 saturated carbocycles. The van der Waals surface area contributed by atoms with Gasteiger partial charge in [0.1, 0.15) is 5.75 Å². The van der Waals surface area contributed by atoms with Crippen molar-refractivity contribution in [2.45, 2.75) is 0 Å². The lowest BCUT2D eigenvalue weighted by Gasteiger charge is -2.06. The van der Waals surface area contributed by atoms with Crippen molar-refractivity contribution in [3.8, 4) is 5.75 Å². The monoisotopic (exact) mass is 186 g/mol. The molecule has 7 N–H and O–H groups in total. The van der Waals surface area contributed by atoms with Crippen molar-refractivity contribution in [3.05, 3.63) is 18.2 Å². The molecule has 0 bridgehead atoms. The molecular formula is C8H14N2O3. The highest BCUT2D eigenvalue weighted by Gasteiger charge is 1.98. The first-order valence-electron chi connectivity index (χ1n) is 3.67. The van der Waals surface area contributed by atoms with Crippen LogP contribution in [0.3, 0.4) is 0 Å². The standard InChI is InChI=1S/C8H12N2O2.H2O/c9-6-1-2-7(8(12)5-6)10-3-4-11;/h1-2,5,10-12H,3-4,9H2;1H2. The first-order valence-corrected chi connectivity index (χ1v) is 3.67. The van der Waals surface area contributed by atoms with Crippen LogP contribution in [0.5, 0.6) is 5.75 Å². The Balaban J connectivity index is 0.00000144. The van der Waals surface area contributed by atoms with E-state index in [1.165, 1.54) is 6.07 Å². The highest BCUT2D eigenvalue weighted by atomic mass is 16.3. The Morgan fingerprint density at radius 3 is 2.62 bits per heavy atom. The maximum absolute atomic E-state index is 9.29. The van der Waals surface area contributed by atoms with Crippen LogP contribution in [-0.2, 0) is 0 Å². The summed E-state index contributed by atoms with van der Waals surface area (Å²) < 4.78 is 0. The number of benzene rings is 1. The van der Waals surface area contributed by atoms with Crippen molar-refractivity contribution in [3.63, 3.8) is 0 Å². The van der Waals surface area contributed by atoms with E-state index < -0.39 is 0 Å². The molecule has 13 heavy (non-hydrogen) atoms. The zero-order valence-electron chi connectivity index (χ0n) is 7.12. The molecule has 0 aliphatic heterocycles. The molecule has 0 spiro atoms. The number of hydrogen-bond acceptors (Lipinski definition) is 4. The lowest BCUT2D eigenvalue weighted by molar-refractivity contribution is 0.311. The van der Waals surface area contributed by atoms with Gasteiger partial charge >= 0.3 is 0 Å². The summed E-state index contributed by atoms with van der Waals surface area (Å²) in [5.41, 5.74) is 6.52. The van der Waals surface area contributed by atoms with E-state index in [2.05, 4.69) is 5.32 Å². The van der Waals surface area contributed by atoms with Crippen molar-refractivity contribution in [1.29, 1.82) is 0 Å². The summed E-state index contributed by atoms with van der Waals surface area (Å²) in [6.45, 7) is 0.446. The summed E-state index contributed by atoms with van der Waals surface area (Å²) >= 11 is 0. The van der Waals surface area contributed by atoms with Crippen molar-refractivity contribution < 1.29 is 15.7 Å². The summed E-state index contributed by atoms with van der Waals surface area (Å²) in [6.07, 6.45) is 0. The third-order valence-electron chi connectivity index (χ3n) is 1.45. The largest absolute Gasteiger partial charge is 0.506 e. The fraction of sp³-hybridized carbons (Fsp3) is 0.250. The average molecular weight is 186 g/mol. The first-order chi connectivity index (χ1) is 5.74. The molecule has 5 nitrogen and oxygen atoms in total. The number of hydrogen-bond donors (Lipinski definition) is 4. The molecule has 1 aromatic carbocycles. The molecule has 0 atom stereocenters. The number of anilines is 2. The molecule has 0 unspecified atom stereocenters. The molecule has 1 rings (SSSR count). The van der Waals surface area contributed by atoms with E-state index >= 15 is 0 Å². The minimum absolute atomic E-state index is 0. The number of phenols is 1.